The molecule has 24 heavy (non-hydrogen) atoms. The predicted octanol–water partition coefficient (Wildman–Crippen LogP) is 4.71. The number of hydrogen-bond acceptors (Lipinski definition) is 1. The molecule has 0 bridgehead atoms. The van der Waals surface area contributed by atoms with Crippen molar-refractivity contribution in [2.24, 2.45) is 10.9 Å². The van der Waals surface area contributed by atoms with Crippen molar-refractivity contribution in [2.45, 2.75) is 19.5 Å². The monoisotopic (exact) mass is 333 g/mol. The van der Waals surface area contributed by atoms with Crippen molar-refractivity contribution in [3.63, 3.8) is 0 Å². The molecule has 1 aliphatic rings. The number of benzene rings is 2. The minimum Gasteiger partial charge on any atom is -0.297 e. The van der Waals surface area contributed by atoms with E-state index in [1.165, 1.54) is 16.2 Å². The lowest BCUT2D eigenvalue weighted by atomic mass is 10.0. The van der Waals surface area contributed by atoms with Gasteiger partial charge < -0.3 is 0 Å². The summed E-state index contributed by atoms with van der Waals surface area (Å²) in [6, 6.07) is 21.9. The zero-order valence-electron chi connectivity index (χ0n) is 14.3. The molecule has 2 atom stereocenters. The molecule has 0 amide bonds. The first-order chi connectivity index (χ1) is 11.8. The molecule has 0 saturated heterocycles. The van der Waals surface area contributed by atoms with Crippen molar-refractivity contribution in [3.05, 3.63) is 84.5 Å². The number of rotatable bonds is 6. The third-order valence-corrected chi connectivity index (χ3v) is 7.16. The lowest BCUT2D eigenvalue weighted by Crippen LogP contribution is -2.23. The Balaban J connectivity index is 1.96. The average Bonchev–Trinajstić information content (AvgIpc) is 3.10. The van der Waals surface area contributed by atoms with Gasteiger partial charge in [-0.15, -0.1) is 0 Å². The highest BCUT2D eigenvalue weighted by atomic mass is 31.1. The van der Waals surface area contributed by atoms with E-state index in [0.717, 1.165) is 6.54 Å². The van der Waals surface area contributed by atoms with Gasteiger partial charge in [-0.2, -0.15) is 0 Å². The number of hydrogen-bond donors (Lipinski definition) is 0. The van der Waals surface area contributed by atoms with Crippen LogP contribution in [-0.4, -0.2) is 18.4 Å². The van der Waals surface area contributed by atoms with Gasteiger partial charge in [0.25, 0.3) is 0 Å². The van der Waals surface area contributed by atoms with Crippen LogP contribution in [0.4, 0.5) is 0 Å². The van der Waals surface area contributed by atoms with Crippen LogP contribution < -0.4 is 10.6 Å². The van der Waals surface area contributed by atoms with Crippen LogP contribution in [0, 0.1) is 5.92 Å². The molecular weight excluding hydrogens is 309 g/mol. The quantitative estimate of drug-likeness (QED) is 0.536. The molecule has 1 nitrogen and oxygen atoms in total. The summed E-state index contributed by atoms with van der Waals surface area (Å²) in [6.45, 7) is 5.30. The normalized spacial score (nSPS) is 18.3. The van der Waals surface area contributed by atoms with Crippen LogP contribution in [0.3, 0.4) is 0 Å². The average molecular weight is 333 g/mol. The molecule has 2 aromatic rings. The molecule has 2 heteroatoms. The molecule has 0 aromatic heterocycles. The summed E-state index contributed by atoms with van der Waals surface area (Å²) in [4.78, 5) is 4.48. The molecule has 0 N–H and O–H groups in total. The maximum atomic E-state index is 4.48. The second-order valence-corrected chi connectivity index (χ2v) is 8.49. The maximum absolute atomic E-state index is 4.48. The van der Waals surface area contributed by atoms with Crippen LogP contribution in [0.5, 0.6) is 0 Å². The lowest BCUT2D eigenvalue weighted by molar-refractivity contribution is 0.957. The molecule has 122 valence electrons. The Bertz CT molecular complexity index is 692. The highest BCUT2D eigenvalue weighted by Gasteiger charge is 2.27. The number of nitrogens with zero attached hydrogens (tertiary/aromatic N) is 1. The minimum atomic E-state index is -0.435. The van der Waals surface area contributed by atoms with Crippen molar-refractivity contribution in [2.75, 3.05) is 6.54 Å². The molecule has 0 spiro atoms. The van der Waals surface area contributed by atoms with Crippen molar-refractivity contribution in [1.29, 1.82) is 0 Å². The van der Waals surface area contributed by atoms with Crippen LogP contribution >= 0.6 is 7.92 Å². The Hall–Kier alpha value is -1.98. The van der Waals surface area contributed by atoms with Gasteiger partial charge in [-0.05, 0) is 25.5 Å². The van der Waals surface area contributed by atoms with Gasteiger partial charge in [-0.3, -0.25) is 4.99 Å². The Morgan fingerprint density at radius 2 is 1.58 bits per heavy atom. The van der Waals surface area contributed by atoms with Crippen molar-refractivity contribution >= 4 is 24.7 Å². The third-order valence-electron chi connectivity index (χ3n) is 4.38. The van der Waals surface area contributed by atoms with Crippen LogP contribution in [0.1, 0.15) is 13.8 Å². The number of allylic oxidation sites excluding steroid dienone is 4. The van der Waals surface area contributed by atoms with E-state index in [1.54, 1.807) is 0 Å². The zero-order chi connectivity index (χ0) is 16.8. The van der Waals surface area contributed by atoms with E-state index in [-0.39, 0.29) is 0 Å². The van der Waals surface area contributed by atoms with Gasteiger partial charge in [0, 0.05) is 24.3 Å². The summed E-state index contributed by atoms with van der Waals surface area (Å²) in [7, 11) is -0.435. The van der Waals surface area contributed by atoms with Crippen LogP contribution in [0.15, 0.2) is 89.5 Å². The molecule has 0 radical (unpaired) electrons. The van der Waals surface area contributed by atoms with Crippen LogP contribution in [0.25, 0.3) is 0 Å². The summed E-state index contributed by atoms with van der Waals surface area (Å²) in [6.07, 6.45) is 8.84. The first-order valence-corrected chi connectivity index (χ1v) is 10.00. The molecular formula is C22H24NP. The first kappa shape index (κ1) is 16.9. The van der Waals surface area contributed by atoms with Crippen molar-refractivity contribution < 1.29 is 0 Å². The van der Waals surface area contributed by atoms with E-state index in [9.17, 15) is 0 Å². The molecule has 1 aliphatic carbocycles. The summed E-state index contributed by atoms with van der Waals surface area (Å²) in [5.74, 6) is 0.345. The fourth-order valence-corrected chi connectivity index (χ4v) is 5.94. The maximum Gasteiger partial charge on any atom is 0.0357 e. The van der Waals surface area contributed by atoms with Crippen LogP contribution in [0.2, 0.25) is 0 Å². The molecule has 3 rings (SSSR count). The standard InChI is InChI=1S/C22H24NP/c1-3-23-17-19-11-10-16-22(19)18(2)24(20-12-6-4-7-13-20)21-14-8-5-9-15-21/h4-19H,3H2,1-2H3/t18-,19?/m1/s1. The lowest BCUT2D eigenvalue weighted by Gasteiger charge is -2.28. The zero-order valence-corrected chi connectivity index (χ0v) is 15.2. The fourth-order valence-electron chi connectivity index (χ4n) is 3.20. The smallest absolute Gasteiger partial charge is 0.0357 e. The Morgan fingerprint density at radius 1 is 1.00 bits per heavy atom. The van der Waals surface area contributed by atoms with Crippen molar-refractivity contribution in [1.82, 2.24) is 0 Å². The Kier molecular flexibility index (Phi) is 5.77. The minimum absolute atomic E-state index is 0.345. The highest BCUT2D eigenvalue weighted by molar-refractivity contribution is 7.73. The summed E-state index contributed by atoms with van der Waals surface area (Å²) in [5.41, 5.74) is 1.96. The molecule has 0 saturated carbocycles. The van der Waals surface area contributed by atoms with Gasteiger partial charge >= 0.3 is 0 Å². The predicted molar refractivity (Wildman–Crippen MR) is 108 cm³/mol. The van der Waals surface area contributed by atoms with Gasteiger partial charge in [0.1, 0.15) is 0 Å². The van der Waals surface area contributed by atoms with E-state index in [1.807, 2.05) is 0 Å². The molecule has 0 fully saturated rings. The van der Waals surface area contributed by atoms with E-state index < -0.39 is 7.92 Å². The van der Waals surface area contributed by atoms with E-state index >= 15 is 0 Å². The van der Waals surface area contributed by atoms with E-state index in [0.29, 0.717) is 11.6 Å². The SMILES string of the molecule is CCN=CC1C=CC=C1[C@@H](C)P(c1ccccc1)c1ccccc1. The topological polar surface area (TPSA) is 12.4 Å². The van der Waals surface area contributed by atoms with Crippen molar-refractivity contribution in [3.8, 4) is 0 Å². The largest absolute Gasteiger partial charge is 0.297 e. The Morgan fingerprint density at radius 3 is 2.12 bits per heavy atom. The fraction of sp³-hybridized carbons (Fsp3) is 0.227. The van der Waals surface area contributed by atoms with Gasteiger partial charge in [-0.1, -0.05) is 91.4 Å². The number of aliphatic imine (C=N–C) groups is 1. The Labute approximate surface area is 146 Å². The molecule has 1 unspecified atom stereocenters. The molecule has 0 heterocycles. The third kappa shape index (κ3) is 3.74. The van der Waals surface area contributed by atoms with Gasteiger partial charge in [0.05, 0.1) is 0 Å². The van der Waals surface area contributed by atoms with Gasteiger partial charge in [0.2, 0.25) is 0 Å². The summed E-state index contributed by atoms with van der Waals surface area (Å²) >= 11 is 0. The summed E-state index contributed by atoms with van der Waals surface area (Å²) < 4.78 is 0. The van der Waals surface area contributed by atoms with Gasteiger partial charge in [0.15, 0.2) is 0 Å². The molecule has 2 aromatic carbocycles. The van der Waals surface area contributed by atoms with Gasteiger partial charge in [-0.25, -0.2) is 0 Å². The second-order valence-electron chi connectivity index (χ2n) is 5.94. The van der Waals surface area contributed by atoms with E-state index in [4.69, 9.17) is 0 Å². The van der Waals surface area contributed by atoms with E-state index in [2.05, 4.69) is 104 Å². The second kappa shape index (κ2) is 8.22. The molecule has 0 aliphatic heterocycles. The highest BCUT2D eigenvalue weighted by Crippen LogP contribution is 2.45. The summed E-state index contributed by atoms with van der Waals surface area (Å²) in [5, 5.41) is 2.87. The first-order valence-electron chi connectivity index (χ1n) is 8.59. The van der Waals surface area contributed by atoms with Crippen LogP contribution in [-0.2, 0) is 0 Å².